The quantitative estimate of drug-likeness (QED) is 0.874. The van der Waals surface area contributed by atoms with Gasteiger partial charge in [0.1, 0.15) is 13.2 Å². The van der Waals surface area contributed by atoms with E-state index in [0.717, 1.165) is 46.4 Å². The minimum Gasteiger partial charge on any atom is -0.486 e. The highest BCUT2D eigenvalue weighted by atomic mass is 79.9. The van der Waals surface area contributed by atoms with Gasteiger partial charge < -0.3 is 14.6 Å². The summed E-state index contributed by atoms with van der Waals surface area (Å²) in [6.45, 7) is 3.18. The molecule has 1 unspecified atom stereocenters. The largest absolute Gasteiger partial charge is 0.486 e. The Balaban J connectivity index is 2.07. The van der Waals surface area contributed by atoms with Gasteiger partial charge in [-0.05, 0) is 64.2 Å². The number of hydrogen-bond donors (Lipinski definition) is 1. The summed E-state index contributed by atoms with van der Waals surface area (Å²) < 4.78 is 12.3. The van der Waals surface area contributed by atoms with Gasteiger partial charge in [-0.3, -0.25) is 4.79 Å². The molecular formula is C16H19BrO4. The predicted molar refractivity (Wildman–Crippen MR) is 82.2 cm³/mol. The maximum Gasteiger partial charge on any atom is 0.303 e. The van der Waals surface area contributed by atoms with Crippen LogP contribution in [0.25, 0.3) is 0 Å². The number of rotatable bonds is 5. The molecule has 1 aliphatic heterocycles. The number of hydrogen-bond acceptors (Lipinski definition) is 3. The van der Waals surface area contributed by atoms with Crippen molar-refractivity contribution in [3.05, 3.63) is 21.7 Å². The molecule has 1 aromatic rings. The van der Waals surface area contributed by atoms with Crippen molar-refractivity contribution in [1.29, 1.82) is 0 Å². The SMILES string of the molecule is CCc1c(C(CC(=O)O)C2CC2)cc2c(c1Br)OCCO2. The van der Waals surface area contributed by atoms with Crippen LogP contribution in [0.2, 0.25) is 0 Å². The molecule has 4 nitrogen and oxygen atoms in total. The topological polar surface area (TPSA) is 55.8 Å². The summed E-state index contributed by atoms with van der Waals surface area (Å²) in [6.07, 6.45) is 3.26. The number of carboxylic acids is 1. The molecule has 0 amide bonds. The molecule has 114 valence electrons. The van der Waals surface area contributed by atoms with E-state index in [1.165, 1.54) is 0 Å². The Morgan fingerprint density at radius 1 is 1.43 bits per heavy atom. The first-order valence-electron chi connectivity index (χ1n) is 7.44. The van der Waals surface area contributed by atoms with Gasteiger partial charge in [0.15, 0.2) is 11.5 Å². The van der Waals surface area contributed by atoms with Crippen molar-refractivity contribution in [2.45, 2.75) is 38.5 Å². The van der Waals surface area contributed by atoms with E-state index in [0.29, 0.717) is 19.1 Å². The van der Waals surface area contributed by atoms with Crippen LogP contribution < -0.4 is 9.47 Å². The molecule has 3 rings (SSSR count). The van der Waals surface area contributed by atoms with Gasteiger partial charge in [0.05, 0.1) is 10.9 Å². The second-order valence-corrected chi connectivity index (χ2v) is 6.47. The van der Waals surface area contributed by atoms with Crippen molar-refractivity contribution in [2.24, 2.45) is 5.92 Å². The Labute approximate surface area is 132 Å². The molecule has 1 fully saturated rings. The van der Waals surface area contributed by atoms with Crippen molar-refractivity contribution < 1.29 is 19.4 Å². The molecular weight excluding hydrogens is 336 g/mol. The first kappa shape index (κ1) is 14.7. The number of aliphatic carboxylic acids is 1. The van der Waals surface area contributed by atoms with Crippen molar-refractivity contribution in [3.8, 4) is 11.5 Å². The number of halogens is 1. The van der Waals surface area contributed by atoms with E-state index in [2.05, 4.69) is 22.9 Å². The zero-order chi connectivity index (χ0) is 15.0. The Morgan fingerprint density at radius 3 is 2.76 bits per heavy atom. The van der Waals surface area contributed by atoms with Gasteiger partial charge in [0.25, 0.3) is 0 Å². The van der Waals surface area contributed by atoms with E-state index in [9.17, 15) is 9.90 Å². The molecule has 1 N–H and O–H groups in total. The summed E-state index contributed by atoms with van der Waals surface area (Å²) in [7, 11) is 0. The fraction of sp³-hybridized carbons (Fsp3) is 0.562. The Bertz CT molecular complexity index is 566. The van der Waals surface area contributed by atoms with Crippen molar-refractivity contribution in [1.82, 2.24) is 0 Å². The molecule has 0 aromatic heterocycles. The van der Waals surface area contributed by atoms with E-state index in [1.54, 1.807) is 0 Å². The molecule has 1 heterocycles. The van der Waals surface area contributed by atoms with Crippen LogP contribution in [0.4, 0.5) is 0 Å². The van der Waals surface area contributed by atoms with Crippen LogP contribution in [0.1, 0.15) is 43.2 Å². The molecule has 1 aromatic carbocycles. The van der Waals surface area contributed by atoms with Gasteiger partial charge in [0, 0.05) is 0 Å². The van der Waals surface area contributed by atoms with Crippen LogP contribution in [-0.2, 0) is 11.2 Å². The molecule has 0 radical (unpaired) electrons. The summed E-state index contributed by atoms with van der Waals surface area (Å²) in [5.41, 5.74) is 2.26. The summed E-state index contributed by atoms with van der Waals surface area (Å²) in [5, 5.41) is 9.23. The fourth-order valence-electron chi connectivity index (χ4n) is 3.11. The third-order valence-corrected chi connectivity index (χ3v) is 5.09. The van der Waals surface area contributed by atoms with Crippen LogP contribution in [0.3, 0.4) is 0 Å². The van der Waals surface area contributed by atoms with Crippen molar-refractivity contribution >= 4 is 21.9 Å². The summed E-state index contributed by atoms with van der Waals surface area (Å²) in [4.78, 5) is 11.2. The average Bonchev–Trinajstić information content (AvgIpc) is 3.29. The van der Waals surface area contributed by atoms with Crippen LogP contribution in [0.5, 0.6) is 11.5 Å². The van der Waals surface area contributed by atoms with E-state index in [-0.39, 0.29) is 12.3 Å². The van der Waals surface area contributed by atoms with E-state index in [4.69, 9.17) is 9.47 Å². The van der Waals surface area contributed by atoms with Crippen LogP contribution in [0.15, 0.2) is 10.5 Å². The number of carboxylic acid groups (broad SMARTS) is 1. The molecule has 0 saturated heterocycles. The third kappa shape index (κ3) is 2.89. The van der Waals surface area contributed by atoms with Gasteiger partial charge in [-0.25, -0.2) is 0 Å². The number of benzene rings is 1. The van der Waals surface area contributed by atoms with Crippen molar-refractivity contribution in [3.63, 3.8) is 0 Å². The van der Waals surface area contributed by atoms with Gasteiger partial charge in [-0.15, -0.1) is 0 Å². The zero-order valence-corrected chi connectivity index (χ0v) is 13.6. The zero-order valence-electron chi connectivity index (χ0n) is 12.0. The maximum atomic E-state index is 11.2. The van der Waals surface area contributed by atoms with E-state index < -0.39 is 5.97 Å². The first-order chi connectivity index (χ1) is 10.1. The second kappa shape index (κ2) is 5.87. The Kier molecular flexibility index (Phi) is 4.11. The molecule has 1 aliphatic carbocycles. The highest BCUT2D eigenvalue weighted by Gasteiger charge is 2.36. The van der Waals surface area contributed by atoms with Gasteiger partial charge >= 0.3 is 5.97 Å². The van der Waals surface area contributed by atoms with Crippen LogP contribution in [-0.4, -0.2) is 24.3 Å². The normalized spacial score (nSPS) is 18.4. The summed E-state index contributed by atoms with van der Waals surface area (Å²) in [5.74, 6) is 1.31. The average molecular weight is 355 g/mol. The lowest BCUT2D eigenvalue weighted by molar-refractivity contribution is -0.137. The highest BCUT2D eigenvalue weighted by Crippen LogP contribution is 2.50. The summed E-state index contributed by atoms with van der Waals surface area (Å²) >= 11 is 3.63. The van der Waals surface area contributed by atoms with E-state index in [1.807, 2.05) is 6.07 Å². The van der Waals surface area contributed by atoms with Crippen LogP contribution in [0, 0.1) is 5.92 Å². The molecule has 0 spiro atoms. The lowest BCUT2D eigenvalue weighted by atomic mass is 9.86. The number of ether oxygens (including phenoxy) is 2. The maximum absolute atomic E-state index is 11.2. The number of fused-ring (bicyclic) bond motifs is 1. The highest BCUT2D eigenvalue weighted by molar-refractivity contribution is 9.10. The standard InChI is InChI=1S/C16H19BrO4/c1-2-10-12(11(8-14(18)19)9-3-4-9)7-13-16(15(10)17)21-6-5-20-13/h7,9,11H,2-6,8H2,1H3,(H,18,19). The number of carbonyl (C=O) groups is 1. The molecule has 0 bridgehead atoms. The molecule has 1 saturated carbocycles. The molecule has 5 heteroatoms. The van der Waals surface area contributed by atoms with Gasteiger partial charge in [-0.2, -0.15) is 0 Å². The van der Waals surface area contributed by atoms with Crippen molar-refractivity contribution in [2.75, 3.05) is 13.2 Å². The van der Waals surface area contributed by atoms with Crippen LogP contribution >= 0.6 is 15.9 Å². The summed E-state index contributed by atoms with van der Waals surface area (Å²) in [6, 6.07) is 2.00. The lowest BCUT2D eigenvalue weighted by Crippen LogP contribution is -2.18. The minimum atomic E-state index is -0.736. The first-order valence-corrected chi connectivity index (χ1v) is 8.23. The predicted octanol–water partition coefficient (Wildman–Crippen LogP) is 3.75. The van der Waals surface area contributed by atoms with Gasteiger partial charge in [-0.1, -0.05) is 6.92 Å². The smallest absolute Gasteiger partial charge is 0.303 e. The third-order valence-electron chi connectivity index (χ3n) is 4.25. The fourth-order valence-corrected chi connectivity index (χ4v) is 3.93. The minimum absolute atomic E-state index is 0.0737. The lowest BCUT2D eigenvalue weighted by Gasteiger charge is -2.26. The molecule has 21 heavy (non-hydrogen) atoms. The Hall–Kier alpha value is -1.23. The molecule has 2 aliphatic rings. The second-order valence-electron chi connectivity index (χ2n) is 5.68. The van der Waals surface area contributed by atoms with E-state index >= 15 is 0 Å². The molecule has 1 atom stereocenters. The monoisotopic (exact) mass is 354 g/mol. The Morgan fingerprint density at radius 2 is 2.14 bits per heavy atom. The van der Waals surface area contributed by atoms with Gasteiger partial charge in [0.2, 0.25) is 0 Å².